The van der Waals surface area contributed by atoms with Gasteiger partial charge in [-0.05, 0) is 31.5 Å². The molecule has 0 radical (unpaired) electrons. The van der Waals surface area contributed by atoms with Crippen LogP contribution in [0, 0.1) is 0 Å². The second-order valence-electron chi connectivity index (χ2n) is 4.37. The third kappa shape index (κ3) is 3.22. The summed E-state index contributed by atoms with van der Waals surface area (Å²) < 4.78 is 4.88. The summed E-state index contributed by atoms with van der Waals surface area (Å²) in [6.07, 6.45) is -0.476. The predicted molar refractivity (Wildman–Crippen MR) is 79.0 cm³/mol. The average Bonchev–Trinajstić information content (AvgIpc) is 2.81. The van der Waals surface area contributed by atoms with Gasteiger partial charge in [-0.15, -0.1) is 0 Å². The van der Waals surface area contributed by atoms with E-state index in [1.54, 1.807) is 6.92 Å². The first-order valence-electron chi connectivity index (χ1n) is 6.66. The zero-order chi connectivity index (χ0) is 14.5. The summed E-state index contributed by atoms with van der Waals surface area (Å²) in [6.45, 7) is 5.45. The van der Waals surface area contributed by atoms with E-state index < -0.39 is 6.09 Å². The lowest BCUT2D eigenvalue weighted by Crippen LogP contribution is -2.42. The number of carbonyl (C=O) groups excluding carboxylic acids is 1. The Morgan fingerprint density at radius 3 is 3.00 bits per heavy atom. The molecular weight excluding hydrogens is 278 g/mol. The maximum atomic E-state index is 11.5. The van der Waals surface area contributed by atoms with Gasteiger partial charge in [0.05, 0.1) is 19.2 Å². The van der Waals surface area contributed by atoms with Crippen LogP contribution in [0.4, 0.5) is 4.79 Å². The Bertz CT molecular complexity index is 519. The lowest BCUT2D eigenvalue weighted by molar-refractivity contribution is 0.156. The van der Waals surface area contributed by atoms with Crippen molar-refractivity contribution in [1.82, 2.24) is 10.2 Å². The number of guanidine groups is 1. The van der Waals surface area contributed by atoms with E-state index in [0.717, 1.165) is 12.1 Å². The van der Waals surface area contributed by atoms with E-state index in [-0.39, 0.29) is 6.04 Å². The van der Waals surface area contributed by atoms with Crippen LogP contribution < -0.4 is 5.32 Å². The zero-order valence-corrected chi connectivity index (χ0v) is 12.4. The van der Waals surface area contributed by atoms with Crippen LogP contribution in [0.3, 0.4) is 0 Å². The fourth-order valence-electron chi connectivity index (χ4n) is 2.25. The van der Waals surface area contributed by atoms with Crippen molar-refractivity contribution in [2.24, 2.45) is 4.99 Å². The number of amides is 1. The number of alkyl carbamates (subject to hydrolysis) is 1. The zero-order valence-electron chi connectivity index (χ0n) is 11.6. The fraction of sp³-hybridized carbons (Fsp3) is 0.429. The molecule has 1 aromatic carbocycles. The average molecular weight is 296 g/mol. The van der Waals surface area contributed by atoms with Gasteiger partial charge in [0.15, 0.2) is 0 Å². The number of hydrogen-bond donors (Lipinski definition) is 1. The van der Waals surface area contributed by atoms with Crippen LogP contribution in [0.1, 0.15) is 25.5 Å². The predicted octanol–water partition coefficient (Wildman–Crippen LogP) is 2.82. The highest BCUT2D eigenvalue weighted by molar-refractivity contribution is 6.30. The highest BCUT2D eigenvalue weighted by atomic mass is 35.5. The van der Waals surface area contributed by atoms with Crippen LogP contribution in [0.2, 0.25) is 5.02 Å². The first kappa shape index (κ1) is 14.7. The van der Waals surface area contributed by atoms with E-state index in [1.807, 2.05) is 36.1 Å². The minimum atomic E-state index is -0.476. The Labute approximate surface area is 123 Å². The van der Waals surface area contributed by atoms with Gasteiger partial charge in [0, 0.05) is 11.6 Å². The van der Waals surface area contributed by atoms with Gasteiger partial charge < -0.3 is 9.64 Å². The molecule has 0 fully saturated rings. The Morgan fingerprint density at radius 1 is 1.55 bits per heavy atom. The molecule has 1 heterocycles. The smallest absolute Gasteiger partial charge is 0.413 e. The Kier molecular flexibility index (Phi) is 4.84. The minimum Gasteiger partial charge on any atom is -0.450 e. The molecule has 108 valence electrons. The molecule has 1 unspecified atom stereocenters. The Balaban J connectivity index is 2.10. The van der Waals surface area contributed by atoms with Crippen molar-refractivity contribution >= 4 is 23.7 Å². The highest BCUT2D eigenvalue weighted by Crippen LogP contribution is 2.27. The molecule has 1 N–H and O–H groups in total. The molecule has 0 saturated carbocycles. The van der Waals surface area contributed by atoms with E-state index in [1.165, 1.54) is 0 Å². The molecule has 0 aromatic heterocycles. The van der Waals surface area contributed by atoms with Crippen LogP contribution in [0.5, 0.6) is 0 Å². The lowest BCUT2D eigenvalue weighted by atomic mass is 10.1. The summed E-state index contributed by atoms with van der Waals surface area (Å²) >= 11 is 6.03. The SMILES string of the molecule is CCOC(=O)NC1=NCC(c2cccc(Cl)c2)N1CC. The van der Waals surface area contributed by atoms with E-state index in [2.05, 4.69) is 10.3 Å². The number of hydrogen-bond acceptors (Lipinski definition) is 4. The molecule has 0 aliphatic carbocycles. The third-order valence-corrected chi connectivity index (χ3v) is 3.36. The van der Waals surface area contributed by atoms with Crippen molar-refractivity contribution in [3.63, 3.8) is 0 Å². The number of likely N-dealkylation sites (N-methyl/N-ethyl adjacent to an activating group) is 1. The summed E-state index contributed by atoms with van der Waals surface area (Å²) in [4.78, 5) is 17.9. The van der Waals surface area contributed by atoms with Gasteiger partial charge in [0.1, 0.15) is 0 Å². The summed E-state index contributed by atoms with van der Waals surface area (Å²) in [5, 5.41) is 3.38. The van der Waals surface area contributed by atoms with Crippen LogP contribution in [-0.2, 0) is 4.74 Å². The maximum Gasteiger partial charge on any atom is 0.413 e. The number of rotatable bonds is 3. The van der Waals surface area contributed by atoms with Gasteiger partial charge in [-0.2, -0.15) is 0 Å². The molecule has 2 rings (SSSR count). The molecule has 1 aliphatic heterocycles. The van der Waals surface area contributed by atoms with Gasteiger partial charge in [-0.1, -0.05) is 23.7 Å². The number of nitrogens with one attached hydrogen (secondary N) is 1. The summed E-state index contributed by atoms with van der Waals surface area (Å²) in [5.41, 5.74) is 1.09. The molecule has 0 saturated heterocycles. The molecule has 1 amide bonds. The highest BCUT2D eigenvalue weighted by Gasteiger charge is 2.29. The molecule has 20 heavy (non-hydrogen) atoms. The van der Waals surface area contributed by atoms with E-state index in [4.69, 9.17) is 16.3 Å². The van der Waals surface area contributed by atoms with Crippen molar-refractivity contribution < 1.29 is 9.53 Å². The van der Waals surface area contributed by atoms with Gasteiger partial charge in [-0.25, -0.2) is 4.79 Å². The number of benzene rings is 1. The van der Waals surface area contributed by atoms with Crippen molar-refractivity contribution in [3.8, 4) is 0 Å². The van der Waals surface area contributed by atoms with Crippen molar-refractivity contribution in [3.05, 3.63) is 34.9 Å². The van der Waals surface area contributed by atoms with Gasteiger partial charge in [0.25, 0.3) is 0 Å². The van der Waals surface area contributed by atoms with Crippen molar-refractivity contribution in [1.29, 1.82) is 0 Å². The first-order chi connectivity index (χ1) is 9.65. The largest absolute Gasteiger partial charge is 0.450 e. The molecule has 6 heteroatoms. The van der Waals surface area contributed by atoms with Crippen LogP contribution >= 0.6 is 11.6 Å². The third-order valence-electron chi connectivity index (χ3n) is 3.13. The van der Waals surface area contributed by atoms with Crippen LogP contribution in [-0.4, -0.2) is 36.6 Å². The molecule has 5 nitrogen and oxygen atoms in total. The molecular formula is C14H18ClN3O2. The van der Waals surface area contributed by atoms with Gasteiger partial charge >= 0.3 is 6.09 Å². The van der Waals surface area contributed by atoms with Crippen molar-refractivity contribution in [2.45, 2.75) is 19.9 Å². The summed E-state index contributed by atoms with van der Waals surface area (Å²) in [5.74, 6) is 0.552. The maximum absolute atomic E-state index is 11.5. The normalized spacial score (nSPS) is 17.9. The minimum absolute atomic E-state index is 0.0932. The molecule has 1 aliphatic rings. The lowest BCUT2D eigenvalue weighted by Gasteiger charge is -2.26. The number of nitrogens with zero attached hydrogens (tertiary/aromatic N) is 2. The molecule has 0 spiro atoms. The van der Waals surface area contributed by atoms with E-state index >= 15 is 0 Å². The van der Waals surface area contributed by atoms with Gasteiger partial charge in [0.2, 0.25) is 5.96 Å². The fourth-order valence-corrected chi connectivity index (χ4v) is 2.45. The van der Waals surface area contributed by atoms with E-state index in [9.17, 15) is 4.79 Å². The second kappa shape index (κ2) is 6.61. The van der Waals surface area contributed by atoms with Crippen LogP contribution in [0.15, 0.2) is 29.3 Å². The van der Waals surface area contributed by atoms with Crippen LogP contribution in [0.25, 0.3) is 0 Å². The summed E-state index contributed by atoms with van der Waals surface area (Å²) in [7, 11) is 0. The number of halogens is 1. The standard InChI is InChI=1S/C14H18ClN3O2/c1-3-18-12(10-6-5-7-11(15)8-10)9-16-13(18)17-14(19)20-4-2/h5-8,12H,3-4,9H2,1-2H3,(H,16,17,19). The Morgan fingerprint density at radius 2 is 2.35 bits per heavy atom. The van der Waals surface area contributed by atoms with Gasteiger partial charge in [-0.3, -0.25) is 10.3 Å². The second-order valence-corrected chi connectivity index (χ2v) is 4.80. The number of carbonyl (C=O) groups is 1. The quantitative estimate of drug-likeness (QED) is 0.933. The molecule has 1 atom stereocenters. The molecule has 0 bridgehead atoms. The Hall–Kier alpha value is -1.75. The number of ether oxygens (including phenoxy) is 1. The van der Waals surface area contributed by atoms with Crippen molar-refractivity contribution in [2.75, 3.05) is 19.7 Å². The topological polar surface area (TPSA) is 53.9 Å². The number of aliphatic imine (C=N–C) groups is 1. The van der Waals surface area contributed by atoms with E-state index in [0.29, 0.717) is 24.1 Å². The first-order valence-corrected chi connectivity index (χ1v) is 7.03. The summed E-state index contributed by atoms with van der Waals surface area (Å²) in [6, 6.07) is 7.80. The molecule has 1 aromatic rings. The monoisotopic (exact) mass is 295 g/mol.